The molecule has 1 N–H and O–H groups in total. The van der Waals surface area contributed by atoms with Crippen LogP contribution in [0.3, 0.4) is 0 Å². The molecular formula is C10H11BrN2O. The maximum atomic E-state index is 11.3. The summed E-state index contributed by atoms with van der Waals surface area (Å²) in [4.78, 5) is 11.3. The predicted molar refractivity (Wildman–Crippen MR) is 58.8 cm³/mol. The van der Waals surface area contributed by atoms with Crippen LogP contribution in [-0.2, 0) is 4.79 Å². The van der Waals surface area contributed by atoms with E-state index in [-0.39, 0.29) is 11.8 Å². The van der Waals surface area contributed by atoms with Gasteiger partial charge in [-0.05, 0) is 28.1 Å². The fraction of sp³-hybridized carbons (Fsp3) is 0.300. The van der Waals surface area contributed by atoms with Crippen LogP contribution in [0.5, 0.6) is 0 Å². The highest BCUT2D eigenvalue weighted by atomic mass is 79.9. The smallest absolute Gasteiger partial charge is 0.243 e. The summed E-state index contributed by atoms with van der Waals surface area (Å²) in [6, 6.07) is 7.84. The molecule has 1 aromatic rings. The lowest BCUT2D eigenvalue weighted by Gasteiger charge is -2.18. The van der Waals surface area contributed by atoms with E-state index in [1.807, 2.05) is 36.2 Å². The summed E-state index contributed by atoms with van der Waals surface area (Å²) in [5.41, 5.74) is 3.83. The third-order valence-electron chi connectivity index (χ3n) is 2.29. The molecule has 1 heterocycles. The van der Waals surface area contributed by atoms with Crippen molar-refractivity contribution in [2.75, 3.05) is 11.6 Å². The van der Waals surface area contributed by atoms with Crippen molar-refractivity contribution in [2.45, 2.75) is 6.92 Å². The summed E-state index contributed by atoms with van der Waals surface area (Å²) in [7, 11) is 0. The number of hydrogen-bond acceptors (Lipinski definition) is 2. The summed E-state index contributed by atoms with van der Waals surface area (Å²) < 4.78 is 0.995. The van der Waals surface area contributed by atoms with Crippen LogP contribution in [-0.4, -0.2) is 12.5 Å². The van der Waals surface area contributed by atoms with Crippen LogP contribution < -0.4 is 10.4 Å². The molecule has 0 aromatic heterocycles. The minimum Gasteiger partial charge on any atom is -0.284 e. The Labute approximate surface area is 91.2 Å². The van der Waals surface area contributed by atoms with E-state index in [1.54, 1.807) is 0 Å². The first-order valence-corrected chi connectivity index (χ1v) is 5.30. The van der Waals surface area contributed by atoms with Crippen molar-refractivity contribution >= 4 is 27.5 Å². The minimum atomic E-state index is 0.0575. The number of carbonyl (C=O) groups is 1. The summed E-state index contributed by atoms with van der Waals surface area (Å²) in [6.45, 7) is 2.65. The van der Waals surface area contributed by atoms with Gasteiger partial charge in [0, 0.05) is 4.47 Å². The zero-order chi connectivity index (χ0) is 10.1. The Bertz CT molecular complexity index is 367. The number of halogens is 1. The van der Waals surface area contributed by atoms with Gasteiger partial charge in [-0.2, -0.15) is 0 Å². The molecule has 1 fully saturated rings. The molecule has 14 heavy (non-hydrogen) atoms. The van der Waals surface area contributed by atoms with E-state index >= 15 is 0 Å². The van der Waals surface area contributed by atoms with Gasteiger partial charge in [-0.1, -0.05) is 19.1 Å². The van der Waals surface area contributed by atoms with Crippen LogP contribution in [0.25, 0.3) is 0 Å². The highest BCUT2D eigenvalue weighted by Crippen LogP contribution is 2.27. The zero-order valence-electron chi connectivity index (χ0n) is 7.83. The van der Waals surface area contributed by atoms with Crippen molar-refractivity contribution < 1.29 is 4.79 Å². The van der Waals surface area contributed by atoms with Crippen LogP contribution in [0.1, 0.15) is 6.92 Å². The molecule has 1 atom stereocenters. The van der Waals surface area contributed by atoms with E-state index in [4.69, 9.17) is 0 Å². The molecule has 0 aliphatic carbocycles. The van der Waals surface area contributed by atoms with E-state index in [1.165, 1.54) is 0 Å². The van der Waals surface area contributed by atoms with Gasteiger partial charge >= 0.3 is 0 Å². The van der Waals surface area contributed by atoms with Gasteiger partial charge in [0.15, 0.2) is 0 Å². The molecule has 1 aliphatic heterocycles. The van der Waals surface area contributed by atoms with Gasteiger partial charge in [0.1, 0.15) is 0 Å². The number of hydrazine groups is 1. The van der Waals surface area contributed by atoms with Crippen molar-refractivity contribution in [2.24, 2.45) is 5.92 Å². The molecule has 1 aliphatic rings. The average Bonchev–Trinajstić information content (AvgIpc) is 2.48. The molecule has 0 radical (unpaired) electrons. The van der Waals surface area contributed by atoms with Crippen molar-refractivity contribution in [1.29, 1.82) is 0 Å². The Morgan fingerprint density at radius 2 is 2.21 bits per heavy atom. The third kappa shape index (κ3) is 1.62. The Balaban J connectivity index is 2.25. The van der Waals surface area contributed by atoms with Crippen molar-refractivity contribution in [3.63, 3.8) is 0 Å². The van der Waals surface area contributed by atoms with Crippen LogP contribution in [0, 0.1) is 5.92 Å². The van der Waals surface area contributed by atoms with Crippen LogP contribution in [0.15, 0.2) is 28.7 Å². The van der Waals surface area contributed by atoms with Crippen LogP contribution >= 0.6 is 15.9 Å². The monoisotopic (exact) mass is 254 g/mol. The molecular weight excluding hydrogens is 244 g/mol. The van der Waals surface area contributed by atoms with Gasteiger partial charge in [-0.15, -0.1) is 0 Å². The predicted octanol–water partition coefficient (Wildman–Crippen LogP) is 1.94. The normalized spacial score (nSPS) is 21.1. The van der Waals surface area contributed by atoms with Gasteiger partial charge in [0.25, 0.3) is 0 Å². The fourth-order valence-electron chi connectivity index (χ4n) is 1.47. The fourth-order valence-corrected chi connectivity index (χ4v) is 1.97. The first-order chi connectivity index (χ1) is 6.68. The Morgan fingerprint density at radius 3 is 2.79 bits per heavy atom. The topological polar surface area (TPSA) is 32.3 Å². The molecule has 1 saturated heterocycles. The molecule has 1 unspecified atom stereocenters. The first kappa shape index (κ1) is 9.52. The average molecular weight is 255 g/mol. The first-order valence-electron chi connectivity index (χ1n) is 4.51. The maximum Gasteiger partial charge on any atom is 0.243 e. The van der Waals surface area contributed by atoms with Crippen LogP contribution in [0.4, 0.5) is 5.69 Å². The lowest BCUT2D eigenvalue weighted by atomic mass is 10.2. The molecule has 3 nitrogen and oxygen atoms in total. The zero-order valence-corrected chi connectivity index (χ0v) is 9.41. The van der Waals surface area contributed by atoms with Gasteiger partial charge in [-0.25, -0.2) is 0 Å². The second-order valence-electron chi connectivity index (χ2n) is 3.44. The highest BCUT2D eigenvalue weighted by Gasteiger charge is 2.27. The number of amides is 1. The van der Waals surface area contributed by atoms with Gasteiger partial charge in [0.05, 0.1) is 18.2 Å². The highest BCUT2D eigenvalue weighted by molar-refractivity contribution is 9.10. The van der Waals surface area contributed by atoms with E-state index in [9.17, 15) is 4.79 Å². The molecule has 4 heteroatoms. The van der Waals surface area contributed by atoms with Crippen molar-refractivity contribution in [3.05, 3.63) is 28.7 Å². The molecule has 74 valence electrons. The molecule has 0 bridgehead atoms. The van der Waals surface area contributed by atoms with E-state index in [0.29, 0.717) is 0 Å². The Hall–Kier alpha value is -1.03. The third-order valence-corrected chi connectivity index (χ3v) is 2.96. The van der Waals surface area contributed by atoms with E-state index in [2.05, 4.69) is 21.4 Å². The number of para-hydroxylation sites is 1. The lowest BCUT2D eigenvalue weighted by Crippen LogP contribution is -2.33. The van der Waals surface area contributed by atoms with E-state index < -0.39 is 0 Å². The van der Waals surface area contributed by atoms with Gasteiger partial charge in [-0.3, -0.25) is 15.2 Å². The summed E-state index contributed by atoms with van der Waals surface area (Å²) in [5, 5.41) is 1.87. The van der Waals surface area contributed by atoms with Crippen molar-refractivity contribution in [3.8, 4) is 0 Å². The summed E-state index contributed by atoms with van der Waals surface area (Å²) in [5.74, 6) is 0.142. The number of anilines is 1. The SMILES string of the molecule is CC1CN(c2ccccc2Br)NC1=O. The van der Waals surface area contributed by atoms with E-state index in [0.717, 1.165) is 16.7 Å². The second-order valence-corrected chi connectivity index (χ2v) is 4.29. The summed E-state index contributed by atoms with van der Waals surface area (Å²) >= 11 is 3.45. The quantitative estimate of drug-likeness (QED) is 0.831. The largest absolute Gasteiger partial charge is 0.284 e. The van der Waals surface area contributed by atoms with Gasteiger partial charge < -0.3 is 0 Å². The maximum absolute atomic E-state index is 11.3. The molecule has 0 saturated carbocycles. The molecule has 1 aromatic carbocycles. The summed E-state index contributed by atoms with van der Waals surface area (Å²) in [6.07, 6.45) is 0. The lowest BCUT2D eigenvalue weighted by molar-refractivity contribution is -0.121. The molecule has 1 amide bonds. The molecule has 2 rings (SSSR count). The molecule has 0 spiro atoms. The number of benzene rings is 1. The Morgan fingerprint density at radius 1 is 1.50 bits per heavy atom. The van der Waals surface area contributed by atoms with Gasteiger partial charge in [0.2, 0.25) is 5.91 Å². The number of nitrogens with one attached hydrogen (secondary N) is 1. The van der Waals surface area contributed by atoms with Crippen LogP contribution in [0.2, 0.25) is 0 Å². The number of nitrogens with zero attached hydrogens (tertiary/aromatic N) is 1. The number of carbonyl (C=O) groups excluding carboxylic acids is 1. The number of rotatable bonds is 1. The Kier molecular flexibility index (Phi) is 2.46. The minimum absolute atomic E-state index is 0.0575. The second kappa shape index (κ2) is 3.61. The van der Waals surface area contributed by atoms with Crippen molar-refractivity contribution in [1.82, 2.24) is 5.43 Å². The standard InChI is InChI=1S/C10H11BrN2O/c1-7-6-13(12-10(7)14)9-5-3-2-4-8(9)11/h2-5,7H,6H2,1H3,(H,12,14). The number of hydrogen-bond donors (Lipinski definition) is 1.